The van der Waals surface area contributed by atoms with Crippen molar-refractivity contribution in [3.8, 4) is 0 Å². The van der Waals surface area contributed by atoms with Crippen LogP contribution in [0.5, 0.6) is 0 Å². The molecule has 0 radical (unpaired) electrons. The molecule has 31 heavy (non-hydrogen) atoms. The molecular formula is C21H20ClN3O6. The molecule has 1 aliphatic rings. The van der Waals surface area contributed by atoms with Gasteiger partial charge in [-0.3, -0.25) is 19.7 Å². The Morgan fingerprint density at radius 1 is 1.16 bits per heavy atom. The number of carbonyl (C=O) groups excluding carboxylic acids is 3. The minimum atomic E-state index is -1.56. The predicted molar refractivity (Wildman–Crippen MR) is 112 cm³/mol. The Morgan fingerprint density at radius 2 is 1.81 bits per heavy atom. The average Bonchev–Trinajstić information content (AvgIpc) is 2.79. The molecule has 9 nitrogen and oxygen atoms in total. The molecule has 1 heterocycles. The number of halogens is 1. The van der Waals surface area contributed by atoms with Gasteiger partial charge in [0.25, 0.3) is 11.6 Å². The summed E-state index contributed by atoms with van der Waals surface area (Å²) in [5.74, 6) is -1.03. The number of carbonyl (C=O) groups is 3. The molecule has 2 atom stereocenters. The van der Waals surface area contributed by atoms with E-state index in [2.05, 4.69) is 5.32 Å². The largest absolute Gasteiger partial charge is 0.467 e. The van der Waals surface area contributed by atoms with Gasteiger partial charge in [0, 0.05) is 30.3 Å². The fourth-order valence-electron chi connectivity index (χ4n) is 3.84. The normalized spacial score (nSPS) is 20.6. The zero-order valence-corrected chi connectivity index (χ0v) is 17.4. The number of nitro benzene ring substituents is 1. The van der Waals surface area contributed by atoms with Crippen LogP contribution >= 0.6 is 11.6 Å². The first-order valence-corrected chi connectivity index (χ1v) is 9.83. The summed E-state index contributed by atoms with van der Waals surface area (Å²) in [5, 5.41) is 12.9. The van der Waals surface area contributed by atoms with Gasteiger partial charge >= 0.3 is 11.3 Å². The third-order valence-electron chi connectivity index (χ3n) is 5.38. The Morgan fingerprint density at radius 3 is 2.35 bits per heavy atom. The number of esters is 1. The van der Waals surface area contributed by atoms with Gasteiger partial charge in [0.1, 0.15) is 0 Å². The Kier molecular flexibility index (Phi) is 6.55. The minimum Gasteiger partial charge on any atom is -0.467 e. The van der Waals surface area contributed by atoms with Crippen LogP contribution < -0.4 is 5.32 Å². The van der Waals surface area contributed by atoms with E-state index in [4.69, 9.17) is 16.3 Å². The van der Waals surface area contributed by atoms with Crippen molar-refractivity contribution < 1.29 is 24.0 Å². The lowest BCUT2D eigenvalue weighted by molar-refractivity contribution is -0.384. The van der Waals surface area contributed by atoms with Crippen LogP contribution in [0.2, 0.25) is 0 Å². The number of hydrogen-bond acceptors (Lipinski definition) is 6. The molecule has 0 unspecified atom stereocenters. The van der Waals surface area contributed by atoms with Gasteiger partial charge in [-0.25, -0.2) is 4.79 Å². The van der Waals surface area contributed by atoms with E-state index in [1.165, 1.54) is 31.4 Å². The molecule has 162 valence electrons. The minimum absolute atomic E-state index is 0.0347. The Bertz CT molecular complexity index is 998. The van der Waals surface area contributed by atoms with Gasteiger partial charge in [0.05, 0.1) is 12.0 Å². The summed E-state index contributed by atoms with van der Waals surface area (Å²) in [6.45, 7) is -0.0347. The first-order chi connectivity index (χ1) is 14.8. The molecule has 2 amide bonds. The number of nitro groups is 1. The van der Waals surface area contributed by atoms with E-state index >= 15 is 0 Å². The molecule has 1 N–H and O–H groups in total. The lowest BCUT2D eigenvalue weighted by atomic mass is 9.79. The highest BCUT2D eigenvalue weighted by molar-refractivity contribution is 6.63. The summed E-state index contributed by atoms with van der Waals surface area (Å²) in [7, 11) is 1.19. The number of piperidine rings is 1. The molecule has 0 aliphatic carbocycles. The van der Waals surface area contributed by atoms with E-state index in [9.17, 15) is 24.5 Å². The highest BCUT2D eigenvalue weighted by Gasteiger charge is 2.52. The molecule has 0 bridgehead atoms. The van der Waals surface area contributed by atoms with Crippen molar-refractivity contribution >= 4 is 34.5 Å². The summed E-state index contributed by atoms with van der Waals surface area (Å²) >= 11 is 5.85. The number of benzene rings is 2. The highest BCUT2D eigenvalue weighted by atomic mass is 35.5. The maximum Gasteiger partial charge on any atom is 0.336 e. The molecule has 1 fully saturated rings. The van der Waals surface area contributed by atoms with Gasteiger partial charge in [-0.15, -0.1) is 0 Å². The summed E-state index contributed by atoms with van der Waals surface area (Å²) in [4.78, 5) is 49.3. The van der Waals surface area contributed by atoms with Gasteiger partial charge in [0.15, 0.2) is 5.54 Å². The van der Waals surface area contributed by atoms with Crippen LogP contribution in [0.15, 0.2) is 54.6 Å². The summed E-state index contributed by atoms with van der Waals surface area (Å²) in [6, 6.07) is 13.5. The number of hydrogen-bond donors (Lipinski definition) is 1. The molecule has 2 aromatic rings. The molecule has 1 aliphatic heterocycles. The topological polar surface area (TPSA) is 119 Å². The molecule has 2 aromatic carbocycles. The van der Waals surface area contributed by atoms with Crippen molar-refractivity contribution in [3.05, 3.63) is 75.8 Å². The number of amides is 2. The van der Waals surface area contributed by atoms with E-state index in [-0.39, 0.29) is 24.6 Å². The van der Waals surface area contributed by atoms with E-state index in [0.717, 1.165) is 4.90 Å². The van der Waals surface area contributed by atoms with Crippen LogP contribution in [0.3, 0.4) is 0 Å². The third-order valence-corrected chi connectivity index (χ3v) is 5.58. The van der Waals surface area contributed by atoms with E-state index in [0.29, 0.717) is 17.5 Å². The van der Waals surface area contributed by atoms with Gasteiger partial charge < -0.3 is 15.0 Å². The average molecular weight is 446 g/mol. The van der Waals surface area contributed by atoms with E-state index < -0.39 is 27.8 Å². The van der Waals surface area contributed by atoms with Crippen molar-refractivity contribution in [1.82, 2.24) is 10.2 Å². The summed E-state index contributed by atoms with van der Waals surface area (Å²) in [5.41, 5.74) is -0.911. The van der Waals surface area contributed by atoms with Gasteiger partial charge in [-0.2, -0.15) is 0 Å². The molecule has 0 aromatic heterocycles. The van der Waals surface area contributed by atoms with Crippen LogP contribution in [0.25, 0.3) is 0 Å². The SMILES string of the molecule is COC(=O)[C@]1(c2ccc([N+](=O)[O-])cc2)CC[C@@H](NC(=O)c2ccccc2)CN1C(=O)Cl. The maximum atomic E-state index is 12.9. The maximum absolute atomic E-state index is 12.9. The van der Waals surface area contributed by atoms with Crippen molar-refractivity contribution in [1.29, 1.82) is 0 Å². The molecule has 1 saturated heterocycles. The van der Waals surface area contributed by atoms with Gasteiger partial charge in [-0.05, 0) is 54.3 Å². The molecule has 0 spiro atoms. The number of ether oxygens (including phenoxy) is 1. The zero-order valence-electron chi connectivity index (χ0n) is 16.6. The zero-order chi connectivity index (χ0) is 22.6. The second kappa shape index (κ2) is 9.13. The molecule has 0 saturated carbocycles. The van der Waals surface area contributed by atoms with Crippen molar-refractivity contribution in [3.63, 3.8) is 0 Å². The predicted octanol–water partition coefficient (Wildman–Crippen LogP) is 3.22. The van der Waals surface area contributed by atoms with Crippen molar-refractivity contribution in [2.24, 2.45) is 0 Å². The monoisotopic (exact) mass is 445 g/mol. The fourth-order valence-corrected chi connectivity index (χ4v) is 4.05. The van der Waals surface area contributed by atoms with Gasteiger partial charge in [-0.1, -0.05) is 18.2 Å². The smallest absolute Gasteiger partial charge is 0.336 e. The molecular weight excluding hydrogens is 426 g/mol. The first kappa shape index (κ1) is 22.2. The lowest BCUT2D eigenvalue weighted by Gasteiger charge is -2.46. The fraction of sp³-hybridized carbons (Fsp3) is 0.286. The van der Waals surface area contributed by atoms with Crippen LogP contribution in [-0.4, -0.2) is 46.8 Å². The van der Waals surface area contributed by atoms with Crippen LogP contribution in [0.4, 0.5) is 10.5 Å². The molecule has 3 rings (SSSR count). The highest BCUT2D eigenvalue weighted by Crippen LogP contribution is 2.40. The first-order valence-electron chi connectivity index (χ1n) is 9.46. The Hall–Kier alpha value is -3.46. The Balaban J connectivity index is 1.92. The number of methoxy groups -OCH3 is 1. The van der Waals surface area contributed by atoms with E-state index in [1.807, 2.05) is 0 Å². The van der Waals surface area contributed by atoms with Crippen molar-refractivity contribution in [2.75, 3.05) is 13.7 Å². The standard InChI is InChI=1S/C21H20ClN3O6/c1-31-19(27)21(15-7-9-17(10-8-15)25(29)30)12-11-16(13-24(21)20(22)28)23-18(26)14-5-3-2-4-6-14/h2-10,16H,11-13H2,1H3,(H,23,26)/t16-,21-/m1/s1. The van der Waals surface area contributed by atoms with Crippen LogP contribution in [0.1, 0.15) is 28.8 Å². The van der Waals surface area contributed by atoms with Crippen LogP contribution in [0, 0.1) is 10.1 Å². The lowest BCUT2D eigenvalue weighted by Crippen LogP contribution is -2.61. The van der Waals surface area contributed by atoms with Gasteiger partial charge in [0.2, 0.25) is 0 Å². The van der Waals surface area contributed by atoms with Crippen molar-refractivity contribution in [2.45, 2.75) is 24.4 Å². The second-order valence-corrected chi connectivity index (χ2v) is 7.42. The summed E-state index contributed by atoms with van der Waals surface area (Å²) in [6.07, 6.45) is 0.459. The number of nitrogens with zero attached hydrogens (tertiary/aromatic N) is 2. The van der Waals surface area contributed by atoms with Crippen LogP contribution in [-0.2, 0) is 15.1 Å². The number of likely N-dealkylation sites (tertiary alicyclic amines) is 1. The van der Waals surface area contributed by atoms with E-state index in [1.54, 1.807) is 30.3 Å². The quantitative estimate of drug-likeness (QED) is 0.248. The summed E-state index contributed by atoms with van der Waals surface area (Å²) < 4.78 is 4.98. The number of non-ortho nitro benzene ring substituents is 1. The third kappa shape index (κ3) is 4.36. The number of rotatable bonds is 5. The Labute approximate surface area is 183 Å². The number of nitrogens with one attached hydrogen (secondary N) is 1. The second-order valence-electron chi connectivity index (χ2n) is 7.09. The molecule has 10 heteroatoms.